The molecule has 1 aliphatic rings. The summed E-state index contributed by atoms with van der Waals surface area (Å²) in [6, 6.07) is 0. The molecule has 2 unspecified atom stereocenters. The zero-order chi connectivity index (χ0) is 16.4. The molecule has 1 fully saturated rings. The van der Waals surface area contributed by atoms with Crippen LogP contribution in [0.5, 0.6) is 0 Å². The molecule has 0 saturated carbocycles. The number of hydrogen-bond acceptors (Lipinski definition) is 2. The van der Waals surface area contributed by atoms with Gasteiger partial charge in [-0.25, -0.2) is 0 Å². The summed E-state index contributed by atoms with van der Waals surface area (Å²) in [5.74, 6) is -0.369. The molecule has 1 heterocycles. The van der Waals surface area contributed by atoms with Gasteiger partial charge in [0.05, 0.1) is 12.7 Å². The molecule has 2 nitrogen and oxygen atoms in total. The van der Waals surface area contributed by atoms with E-state index in [0.717, 1.165) is 19.4 Å². The fraction of sp³-hybridized carbons (Fsp3) is 0.800. The maximum absolute atomic E-state index is 5.83. The summed E-state index contributed by atoms with van der Waals surface area (Å²) in [7, 11) is 0. The zero-order valence-electron chi connectivity index (χ0n) is 15.4. The standard InChI is InChI=1S/C20H36O2/c1-6-7-8-11-17(2)12-9-13-18(3)14-10-15-20(5)21-16-19(4)22-20/h12,14,19H,6-11,13,15-16H2,1-5H3. The molecular weight excluding hydrogens is 272 g/mol. The van der Waals surface area contributed by atoms with Crippen molar-refractivity contribution < 1.29 is 9.47 Å². The monoisotopic (exact) mass is 308 g/mol. The molecule has 0 bridgehead atoms. The van der Waals surface area contributed by atoms with Crippen LogP contribution in [0.1, 0.15) is 86.0 Å². The second-order valence-electron chi connectivity index (χ2n) is 7.01. The molecule has 1 rings (SSSR count). The van der Waals surface area contributed by atoms with E-state index < -0.39 is 0 Å². The van der Waals surface area contributed by atoms with Crippen LogP contribution in [0, 0.1) is 0 Å². The first kappa shape index (κ1) is 19.4. The SMILES string of the molecule is CCCCCC(C)=CCCC(C)=CCCC1(C)OCC(C)O1. The second kappa shape index (κ2) is 10.2. The first-order valence-electron chi connectivity index (χ1n) is 9.08. The third kappa shape index (κ3) is 8.14. The molecule has 2 heteroatoms. The van der Waals surface area contributed by atoms with Gasteiger partial charge >= 0.3 is 0 Å². The summed E-state index contributed by atoms with van der Waals surface area (Å²) in [6.45, 7) is 11.6. The van der Waals surface area contributed by atoms with Crippen molar-refractivity contribution in [1.82, 2.24) is 0 Å². The number of unbranched alkanes of at least 4 members (excludes halogenated alkanes) is 2. The van der Waals surface area contributed by atoms with Crippen molar-refractivity contribution in [2.75, 3.05) is 6.61 Å². The van der Waals surface area contributed by atoms with E-state index in [9.17, 15) is 0 Å². The Balaban J connectivity index is 2.19. The van der Waals surface area contributed by atoms with E-state index in [0.29, 0.717) is 0 Å². The van der Waals surface area contributed by atoms with Crippen molar-refractivity contribution in [2.24, 2.45) is 0 Å². The van der Waals surface area contributed by atoms with Gasteiger partial charge in [0.1, 0.15) is 0 Å². The minimum atomic E-state index is -0.369. The van der Waals surface area contributed by atoms with Crippen molar-refractivity contribution in [1.29, 1.82) is 0 Å². The zero-order valence-corrected chi connectivity index (χ0v) is 15.4. The molecular formula is C20H36O2. The highest BCUT2D eigenvalue weighted by atomic mass is 16.7. The molecule has 0 radical (unpaired) electrons. The molecule has 0 amide bonds. The van der Waals surface area contributed by atoms with Gasteiger partial charge in [0.2, 0.25) is 0 Å². The average molecular weight is 309 g/mol. The molecule has 0 aromatic heterocycles. The van der Waals surface area contributed by atoms with Crippen molar-refractivity contribution in [2.45, 2.75) is 97.9 Å². The maximum Gasteiger partial charge on any atom is 0.166 e. The van der Waals surface area contributed by atoms with Crippen molar-refractivity contribution >= 4 is 0 Å². The highest BCUT2D eigenvalue weighted by Gasteiger charge is 2.34. The van der Waals surface area contributed by atoms with Gasteiger partial charge in [-0.2, -0.15) is 0 Å². The van der Waals surface area contributed by atoms with Crippen LogP contribution >= 0.6 is 0 Å². The second-order valence-corrected chi connectivity index (χ2v) is 7.01. The van der Waals surface area contributed by atoms with E-state index in [4.69, 9.17) is 9.47 Å². The largest absolute Gasteiger partial charge is 0.348 e. The third-order valence-electron chi connectivity index (χ3n) is 4.37. The third-order valence-corrected chi connectivity index (χ3v) is 4.37. The lowest BCUT2D eigenvalue weighted by Gasteiger charge is -2.22. The molecule has 128 valence electrons. The molecule has 0 spiro atoms. The first-order chi connectivity index (χ1) is 10.4. The van der Waals surface area contributed by atoms with Crippen molar-refractivity contribution in [3.8, 4) is 0 Å². The van der Waals surface area contributed by atoms with Gasteiger partial charge in [0.15, 0.2) is 5.79 Å². The van der Waals surface area contributed by atoms with E-state index in [1.807, 2.05) is 0 Å². The predicted molar refractivity (Wildman–Crippen MR) is 95.0 cm³/mol. The molecule has 2 atom stereocenters. The maximum atomic E-state index is 5.83. The summed E-state index contributed by atoms with van der Waals surface area (Å²) >= 11 is 0. The molecule has 0 aromatic carbocycles. The van der Waals surface area contributed by atoms with E-state index in [-0.39, 0.29) is 11.9 Å². The first-order valence-corrected chi connectivity index (χ1v) is 9.08. The lowest BCUT2D eigenvalue weighted by molar-refractivity contribution is -0.155. The van der Waals surface area contributed by atoms with Crippen LogP contribution in [0.25, 0.3) is 0 Å². The fourth-order valence-electron chi connectivity index (χ4n) is 2.90. The van der Waals surface area contributed by atoms with Gasteiger partial charge in [-0.3, -0.25) is 0 Å². The van der Waals surface area contributed by atoms with Gasteiger partial charge in [0.25, 0.3) is 0 Å². The van der Waals surface area contributed by atoms with Gasteiger partial charge in [-0.1, -0.05) is 43.1 Å². The highest BCUT2D eigenvalue weighted by Crippen LogP contribution is 2.28. The lowest BCUT2D eigenvalue weighted by atomic mass is 10.0. The van der Waals surface area contributed by atoms with Crippen LogP contribution in [0.3, 0.4) is 0 Å². The van der Waals surface area contributed by atoms with Crippen LogP contribution in [-0.4, -0.2) is 18.5 Å². The molecule has 1 aliphatic heterocycles. The van der Waals surface area contributed by atoms with Crippen LogP contribution in [0.15, 0.2) is 23.3 Å². The summed E-state index contributed by atoms with van der Waals surface area (Å²) < 4.78 is 11.6. The van der Waals surface area contributed by atoms with Crippen LogP contribution in [0.4, 0.5) is 0 Å². The van der Waals surface area contributed by atoms with E-state index in [1.54, 1.807) is 5.57 Å². The summed E-state index contributed by atoms with van der Waals surface area (Å²) in [6.07, 6.45) is 14.6. The normalized spacial score (nSPS) is 26.7. The summed E-state index contributed by atoms with van der Waals surface area (Å²) in [4.78, 5) is 0. The molecule has 22 heavy (non-hydrogen) atoms. The predicted octanol–water partition coefficient (Wildman–Crippen LogP) is 6.17. The molecule has 1 saturated heterocycles. The fourth-order valence-corrected chi connectivity index (χ4v) is 2.90. The Hall–Kier alpha value is -0.600. The number of ether oxygens (including phenoxy) is 2. The summed E-state index contributed by atoms with van der Waals surface area (Å²) in [5.41, 5.74) is 3.03. The highest BCUT2D eigenvalue weighted by molar-refractivity contribution is 5.03. The molecule has 0 aliphatic carbocycles. The lowest BCUT2D eigenvalue weighted by Crippen LogP contribution is -2.25. The minimum absolute atomic E-state index is 0.232. The minimum Gasteiger partial charge on any atom is -0.348 e. The Kier molecular flexibility index (Phi) is 9.04. The molecule has 0 aromatic rings. The van der Waals surface area contributed by atoms with Gasteiger partial charge in [-0.15, -0.1) is 0 Å². The average Bonchev–Trinajstić information content (AvgIpc) is 2.79. The topological polar surface area (TPSA) is 18.5 Å². The smallest absolute Gasteiger partial charge is 0.166 e. The number of hydrogen-bond donors (Lipinski definition) is 0. The van der Waals surface area contributed by atoms with Gasteiger partial charge in [0, 0.05) is 6.42 Å². The van der Waals surface area contributed by atoms with Crippen LogP contribution in [-0.2, 0) is 9.47 Å². The summed E-state index contributed by atoms with van der Waals surface area (Å²) in [5, 5.41) is 0. The Bertz CT molecular complexity index is 370. The van der Waals surface area contributed by atoms with Crippen molar-refractivity contribution in [3.05, 3.63) is 23.3 Å². The van der Waals surface area contributed by atoms with Crippen LogP contribution in [0.2, 0.25) is 0 Å². The van der Waals surface area contributed by atoms with E-state index in [2.05, 4.69) is 46.8 Å². The Labute approximate surface area is 138 Å². The Morgan fingerprint density at radius 3 is 2.41 bits per heavy atom. The molecule has 0 N–H and O–H groups in total. The Morgan fingerprint density at radius 1 is 1.09 bits per heavy atom. The van der Waals surface area contributed by atoms with Gasteiger partial charge < -0.3 is 9.47 Å². The Morgan fingerprint density at radius 2 is 1.77 bits per heavy atom. The van der Waals surface area contributed by atoms with Crippen LogP contribution < -0.4 is 0 Å². The van der Waals surface area contributed by atoms with Gasteiger partial charge in [-0.05, 0) is 59.8 Å². The number of allylic oxidation sites excluding steroid dienone is 4. The van der Waals surface area contributed by atoms with E-state index >= 15 is 0 Å². The van der Waals surface area contributed by atoms with Crippen molar-refractivity contribution in [3.63, 3.8) is 0 Å². The number of rotatable bonds is 10. The van der Waals surface area contributed by atoms with E-state index in [1.165, 1.54) is 44.1 Å². The quantitative estimate of drug-likeness (QED) is 0.355.